The van der Waals surface area contributed by atoms with Crippen LogP contribution in [0.1, 0.15) is 22.5 Å². The smallest absolute Gasteiger partial charge is 0.263 e. The predicted octanol–water partition coefficient (Wildman–Crippen LogP) is 0.191. The van der Waals surface area contributed by atoms with E-state index in [4.69, 9.17) is 5.73 Å². The molecule has 0 radical (unpaired) electrons. The van der Waals surface area contributed by atoms with Gasteiger partial charge in [-0.3, -0.25) is 4.79 Å². The van der Waals surface area contributed by atoms with Crippen LogP contribution in [-0.4, -0.2) is 38.7 Å². The maximum atomic E-state index is 12.3. The van der Waals surface area contributed by atoms with Crippen LogP contribution in [-0.2, 0) is 0 Å². The van der Waals surface area contributed by atoms with Crippen molar-refractivity contribution < 1.29 is 4.79 Å². The number of nitrogens with zero attached hydrogens (tertiary/aromatic N) is 4. The average Bonchev–Trinajstić information content (AvgIpc) is 2.95. The minimum Gasteiger partial charge on any atom is -0.347 e. The highest BCUT2D eigenvalue weighted by Gasteiger charge is 2.32. The molecule has 19 heavy (non-hydrogen) atoms. The summed E-state index contributed by atoms with van der Waals surface area (Å²) in [4.78, 5) is 12.9. The zero-order valence-electron chi connectivity index (χ0n) is 10.2. The summed E-state index contributed by atoms with van der Waals surface area (Å²) in [5.74, 6) is 0.424. The molecule has 100 valence electrons. The van der Waals surface area contributed by atoms with Crippen LogP contribution in [0.2, 0.25) is 0 Å². The molecule has 1 saturated carbocycles. The van der Waals surface area contributed by atoms with Crippen molar-refractivity contribution in [2.45, 2.75) is 18.9 Å². The molecule has 3 N–H and O–H groups in total. The molecular weight excluding hydrogens is 264 g/mol. The average molecular weight is 278 g/mol. The van der Waals surface area contributed by atoms with Gasteiger partial charge in [-0.05, 0) is 40.6 Å². The van der Waals surface area contributed by atoms with Gasteiger partial charge >= 0.3 is 0 Å². The molecule has 0 aliphatic heterocycles. The summed E-state index contributed by atoms with van der Waals surface area (Å²) in [6.07, 6.45) is 3.76. The van der Waals surface area contributed by atoms with Gasteiger partial charge in [-0.1, -0.05) is 0 Å². The minimum atomic E-state index is -0.108. The topological polar surface area (TPSA) is 98.7 Å². The van der Waals surface area contributed by atoms with Crippen molar-refractivity contribution in [3.63, 3.8) is 0 Å². The highest BCUT2D eigenvalue weighted by atomic mass is 32.1. The summed E-state index contributed by atoms with van der Waals surface area (Å²) < 4.78 is 1.49. The lowest BCUT2D eigenvalue weighted by molar-refractivity contribution is 0.0937. The fourth-order valence-electron chi connectivity index (χ4n) is 2.03. The van der Waals surface area contributed by atoms with Crippen LogP contribution in [0.3, 0.4) is 0 Å². The summed E-state index contributed by atoms with van der Waals surface area (Å²) in [6.45, 7) is 0.474. The van der Waals surface area contributed by atoms with Gasteiger partial charge in [0.05, 0.1) is 5.69 Å². The number of tetrazole rings is 1. The van der Waals surface area contributed by atoms with Crippen LogP contribution in [0.15, 0.2) is 17.8 Å². The van der Waals surface area contributed by atoms with Gasteiger partial charge in [0.25, 0.3) is 5.91 Å². The molecule has 1 unspecified atom stereocenters. The molecule has 2 aromatic heterocycles. The molecule has 1 amide bonds. The lowest BCUT2D eigenvalue weighted by atomic mass is 10.2. The Labute approximate surface area is 113 Å². The maximum Gasteiger partial charge on any atom is 0.263 e. The van der Waals surface area contributed by atoms with Gasteiger partial charge < -0.3 is 11.1 Å². The first-order chi connectivity index (χ1) is 9.29. The molecule has 1 fully saturated rings. The molecule has 0 bridgehead atoms. The van der Waals surface area contributed by atoms with E-state index in [-0.39, 0.29) is 11.9 Å². The lowest BCUT2D eigenvalue weighted by Gasteiger charge is -2.15. The largest absolute Gasteiger partial charge is 0.347 e. The fourth-order valence-corrected chi connectivity index (χ4v) is 2.81. The number of amides is 1. The number of nitrogens with two attached hydrogens (primary N) is 1. The summed E-state index contributed by atoms with van der Waals surface area (Å²) in [7, 11) is 0. The molecule has 2 heterocycles. The molecule has 7 nitrogen and oxygen atoms in total. The van der Waals surface area contributed by atoms with Gasteiger partial charge in [0.2, 0.25) is 0 Å². The molecule has 8 heteroatoms. The molecule has 1 atom stereocenters. The van der Waals surface area contributed by atoms with Gasteiger partial charge in [0.15, 0.2) is 0 Å². The van der Waals surface area contributed by atoms with E-state index in [0.29, 0.717) is 23.0 Å². The van der Waals surface area contributed by atoms with E-state index in [2.05, 4.69) is 20.8 Å². The van der Waals surface area contributed by atoms with E-state index >= 15 is 0 Å². The SMILES string of the molecule is NCC(NC(=O)c1sccc1-n1cnnn1)C1CC1. The Kier molecular flexibility index (Phi) is 3.26. The molecular formula is C11H14N6OS. The molecule has 1 aliphatic carbocycles. The number of carbonyl (C=O) groups is 1. The van der Waals surface area contributed by atoms with E-state index in [1.807, 2.05) is 11.4 Å². The third-order valence-electron chi connectivity index (χ3n) is 3.21. The van der Waals surface area contributed by atoms with Crippen LogP contribution in [0.25, 0.3) is 5.69 Å². The first kappa shape index (κ1) is 12.2. The first-order valence-electron chi connectivity index (χ1n) is 6.11. The predicted molar refractivity (Wildman–Crippen MR) is 70.1 cm³/mol. The van der Waals surface area contributed by atoms with Gasteiger partial charge in [0.1, 0.15) is 11.2 Å². The van der Waals surface area contributed by atoms with Crippen molar-refractivity contribution >= 4 is 17.2 Å². The van der Waals surface area contributed by atoms with Crippen LogP contribution >= 0.6 is 11.3 Å². The second-order valence-corrected chi connectivity index (χ2v) is 5.46. The number of thiophene rings is 1. The van der Waals surface area contributed by atoms with E-state index in [1.54, 1.807) is 0 Å². The third-order valence-corrected chi connectivity index (χ3v) is 4.11. The van der Waals surface area contributed by atoms with Crippen molar-refractivity contribution in [3.8, 4) is 5.69 Å². The maximum absolute atomic E-state index is 12.3. The van der Waals surface area contributed by atoms with Crippen molar-refractivity contribution in [2.75, 3.05) is 6.54 Å². The highest BCUT2D eigenvalue weighted by Crippen LogP contribution is 2.32. The Bertz CT molecular complexity index is 562. The normalized spacial score (nSPS) is 16.3. The zero-order chi connectivity index (χ0) is 13.2. The Morgan fingerprint density at radius 1 is 1.63 bits per heavy atom. The lowest BCUT2D eigenvalue weighted by Crippen LogP contribution is -2.41. The molecule has 2 aromatic rings. The summed E-state index contributed by atoms with van der Waals surface area (Å²) in [5, 5.41) is 15.8. The van der Waals surface area contributed by atoms with Gasteiger partial charge in [-0.15, -0.1) is 16.4 Å². The van der Waals surface area contributed by atoms with Gasteiger partial charge in [-0.25, -0.2) is 0 Å². The van der Waals surface area contributed by atoms with Gasteiger partial charge in [-0.2, -0.15) is 4.68 Å². The Balaban J connectivity index is 1.78. The van der Waals surface area contributed by atoms with E-state index in [9.17, 15) is 4.79 Å². The van der Waals surface area contributed by atoms with Crippen molar-refractivity contribution in [3.05, 3.63) is 22.7 Å². The minimum absolute atomic E-state index is 0.0660. The molecule has 0 aromatic carbocycles. The van der Waals surface area contributed by atoms with Crippen LogP contribution in [0.4, 0.5) is 0 Å². The Morgan fingerprint density at radius 2 is 2.47 bits per heavy atom. The van der Waals surface area contributed by atoms with Crippen LogP contribution in [0.5, 0.6) is 0 Å². The van der Waals surface area contributed by atoms with Crippen LogP contribution in [0, 0.1) is 5.92 Å². The van der Waals surface area contributed by atoms with Crippen molar-refractivity contribution in [1.82, 2.24) is 25.5 Å². The molecule has 1 aliphatic rings. The molecule has 3 rings (SSSR count). The standard InChI is InChI=1S/C11H14N6OS/c12-5-8(7-1-2-7)14-11(18)10-9(3-4-19-10)17-6-13-15-16-17/h3-4,6-8H,1-2,5,12H2,(H,14,18). The third kappa shape index (κ3) is 2.49. The summed E-state index contributed by atoms with van der Waals surface area (Å²) in [5.41, 5.74) is 6.39. The number of hydrogen-bond acceptors (Lipinski definition) is 6. The first-order valence-corrected chi connectivity index (χ1v) is 6.99. The quantitative estimate of drug-likeness (QED) is 0.813. The Morgan fingerprint density at radius 3 is 3.11 bits per heavy atom. The number of aromatic nitrogens is 4. The van der Waals surface area contributed by atoms with Crippen molar-refractivity contribution in [1.29, 1.82) is 0 Å². The number of nitrogens with one attached hydrogen (secondary N) is 1. The summed E-state index contributed by atoms with van der Waals surface area (Å²) >= 11 is 1.37. The van der Waals surface area contributed by atoms with Crippen LogP contribution < -0.4 is 11.1 Å². The van der Waals surface area contributed by atoms with Crippen molar-refractivity contribution in [2.24, 2.45) is 11.7 Å². The monoisotopic (exact) mass is 278 g/mol. The summed E-state index contributed by atoms with van der Waals surface area (Å²) in [6, 6.07) is 1.89. The van der Waals surface area contributed by atoms with E-state index < -0.39 is 0 Å². The second kappa shape index (κ2) is 5.06. The number of hydrogen-bond donors (Lipinski definition) is 2. The Hall–Kier alpha value is -1.80. The molecule has 0 spiro atoms. The number of carbonyl (C=O) groups excluding carboxylic acids is 1. The fraction of sp³-hybridized carbons (Fsp3) is 0.455. The van der Waals surface area contributed by atoms with E-state index in [0.717, 1.165) is 12.8 Å². The molecule has 0 saturated heterocycles. The second-order valence-electron chi connectivity index (χ2n) is 4.54. The van der Waals surface area contributed by atoms with Gasteiger partial charge in [0, 0.05) is 12.6 Å². The zero-order valence-corrected chi connectivity index (χ0v) is 11.0. The highest BCUT2D eigenvalue weighted by molar-refractivity contribution is 7.12. The van der Waals surface area contributed by atoms with E-state index in [1.165, 1.54) is 22.3 Å². The number of rotatable bonds is 5.